The lowest BCUT2D eigenvalue weighted by Crippen LogP contribution is -2.44. The van der Waals surface area contributed by atoms with Gasteiger partial charge in [-0.1, -0.05) is 0 Å². The van der Waals surface area contributed by atoms with E-state index in [-0.39, 0.29) is 5.60 Å². The zero-order chi connectivity index (χ0) is 17.3. The number of piperidine rings is 1. The van der Waals surface area contributed by atoms with Crippen LogP contribution in [0.5, 0.6) is 0 Å². The number of hydrogen-bond donors (Lipinski definition) is 0. The molecule has 1 amide bonds. The molecule has 0 N–H and O–H groups in total. The second kappa shape index (κ2) is 6.90. The third kappa shape index (κ3) is 3.64. The summed E-state index contributed by atoms with van der Waals surface area (Å²) in [5, 5.41) is 0. The smallest absolute Gasteiger partial charge is 0.225 e. The fourth-order valence-corrected chi connectivity index (χ4v) is 4.42. The van der Waals surface area contributed by atoms with Crippen LogP contribution in [0.1, 0.15) is 44.1 Å². The zero-order valence-corrected chi connectivity index (χ0v) is 15.1. The number of nitrogens with zero attached hydrogens (tertiary/aromatic N) is 4. The number of anilines is 1. The summed E-state index contributed by atoms with van der Waals surface area (Å²) in [7, 11) is 0. The van der Waals surface area contributed by atoms with E-state index < -0.39 is 0 Å². The van der Waals surface area contributed by atoms with Gasteiger partial charge in [0.25, 0.3) is 0 Å². The first-order chi connectivity index (χ1) is 12.1. The number of aromatic nitrogens is 2. The van der Waals surface area contributed by atoms with Crippen LogP contribution in [0.15, 0.2) is 12.4 Å². The fraction of sp³-hybridized carbons (Fsp3) is 0.737. The third-order valence-electron chi connectivity index (χ3n) is 5.93. The number of rotatable bonds is 3. The first kappa shape index (κ1) is 16.8. The van der Waals surface area contributed by atoms with Crippen molar-refractivity contribution in [1.29, 1.82) is 0 Å². The molecule has 0 bridgehead atoms. The molecule has 0 aromatic carbocycles. The number of aryl methyl sites for hydroxylation is 1. The van der Waals surface area contributed by atoms with E-state index >= 15 is 0 Å². The molecule has 1 atom stereocenters. The molecular formula is C19H28N4O2. The first-order valence-electron chi connectivity index (χ1n) is 9.59. The molecule has 1 spiro atoms. The third-order valence-corrected chi connectivity index (χ3v) is 5.93. The Morgan fingerprint density at radius 1 is 1.20 bits per heavy atom. The maximum absolute atomic E-state index is 12.4. The van der Waals surface area contributed by atoms with Gasteiger partial charge in [0.1, 0.15) is 0 Å². The molecule has 136 valence electrons. The summed E-state index contributed by atoms with van der Waals surface area (Å²) in [5.41, 5.74) is 1.05. The van der Waals surface area contributed by atoms with Crippen LogP contribution in [0.3, 0.4) is 0 Å². The maximum Gasteiger partial charge on any atom is 0.225 e. The Labute approximate surface area is 149 Å². The van der Waals surface area contributed by atoms with Crippen molar-refractivity contribution in [2.75, 3.05) is 37.7 Å². The molecule has 0 radical (unpaired) electrons. The van der Waals surface area contributed by atoms with Gasteiger partial charge in [0, 0.05) is 45.0 Å². The summed E-state index contributed by atoms with van der Waals surface area (Å²) >= 11 is 0. The van der Waals surface area contributed by atoms with Crippen molar-refractivity contribution in [3.05, 3.63) is 18.0 Å². The van der Waals surface area contributed by atoms with Crippen molar-refractivity contribution in [2.24, 2.45) is 5.92 Å². The summed E-state index contributed by atoms with van der Waals surface area (Å²) in [6.45, 7) is 6.49. The molecule has 3 aliphatic rings. The van der Waals surface area contributed by atoms with Gasteiger partial charge in [-0.2, -0.15) is 0 Å². The van der Waals surface area contributed by atoms with Gasteiger partial charge in [-0.25, -0.2) is 9.97 Å². The lowest BCUT2D eigenvalue weighted by molar-refractivity contribution is -0.131. The van der Waals surface area contributed by atoms with Crippen LogP contribution in [0, 0.1) is 12.8 Å². The second-order valence-electron chi connectivity index (χ2n) is 7.90. The lowest BCUT2D eigenvalue weighted by Gasteiger charge is -2.38. The molecule has 3 saturated heterocycles. The summed E-state index contributed by atoms with van der Waals surface area (Å²) in [6, 6.07) is 0. The molecule has 1 aromatic rings. The Morgan fingerprint density at radius 2 is 1.88 bits per heavy atom. The highest BCUT2D eigenvalue weighted by molar-refractivity contribution is 5.76. The normalized spacial score (nSPS) is 25.7. The molecule has 0 aliphatic carbocycles. The minimum Gasteiger partial charge on any atom is -0.375 e. The van der Waals surface area contributed by atoms with Gasteiger partial charge in [0.05, 0.1) is 12.2 Å². The summed E-state index contributed by atoms with van der Waals surface area (Å²) in [6.07, 6.45) is 9.75. The van der Waals surface area contributed by atoms with Gasteiger partial charge in [-0.05, 0) is 50.5 Å². The van der Waals surface area contributed by atoms with Crippen LogP contribution in [0.4, 0.5) is 5.95 Å². The van der Waals surface area contributed by atoms with Crippen LogP contribution in [0.25, 0.3) is 0 Å². The molecule has 4 heterocycles. The quantitative estimate of drug-likeness (QED) is 0.841. The highest BCUT2D eigenvalue weighted by Gasteiger charge is 2.43. The van der Waals surface area contributed by atoms with Crippen molar-refractivity contribution in [2.45, 2.75) is 51.0 Å². The van der Waals surface area contributed by atoms with E-state index in [0.717, 1.165) is 76.4 Å². The van der Waals surface area contributed by atoms with E-state index in [0.29, 0.717) is 18.2 Å². The minimum atomic E-state index is -0.0306. The molecule has 3 aliphatic heterocycles. The molecule has 1 unspecified atom stereocenters. The molecule has 0 saturated carbocycles. The van der Waals surface area contributed by atoms with E-state index in [1.807, 2.05) is 24.2 Å². The Kier molecular flexibility index (Phi) is 4.63. The number of amides is 1. The predicted octanol–water partition coefficient (Wildman–Crippen LogP) is 2.17. The summed E-state index contributed by atoms with van der Waals surface area (Å²) in [5.74, 6) is 1.53. The molecular weight excluding hydrogens is 316 g/mol. The summed E-state index contributed by atoms with van der Waals surface area (Å²) < 4.78 is 6.22. The molecule has 3 fully saturated rings. The predicted molar refractivity (Wildman–Crippen MR) is 95.4 cm³/mol. The number of hydrogen-bond acceptors (Lipinski definition) is 5. The van der Waals surface area contributed by atoms with Crippen molar-refractivity contribution in [3.8, 4) is 0 Å². The van der Waals surface area contributed by atoms with Crippen LogP contribution in [-0.2, 0) is 9.53 Å². The highest BCUT2D eigenvalue weighted by Crippen LogP contribution is 2.40. The van der Waals surface area contributed by atoms with E-state index in [1.165, 1.54) is 0 Å². The SMILES string of the molecule is Cc1cnc(N2CCC3(CC2)CC(CC(=O)N2CCCC2)CO3)nc1. The van der Waals surface area contributed by atoms with Gasteiger partial charge in [-0.15, -0.1) is 0 Å². The second-order valence-corrected chi connectivity index (χ2v) is 7.90. The number of ether oxygens (including phenoxy) is 1. The van der Waals surface area contributed by atoms with E-state index in [2.05, 4.69) is 14.9 Å². The van der Waals surface area contributed by atoms with E-state index in [1.54, 1.807) is 0 Å². The van der Waals surface area contributed by atoms with Crippen LogP contribution in [-0.4, -0.2) is 59.2 Å². The number of carbonyl (C=O) groups is 1. The Balaban J connectivity index is 1.29. The van der Waals surface area contributed by atoms with Gasteiger partial charge in [0.2, 0.25) is 11.9 Å². The topological polar surface area (TPSA) is 58.6 Å². The summed E-state index contributed by atoms with van der Waals surface area (Å²) in [4.78, 5) is 25.5. The van der Waals surface area contributed by atoms with Gasteiger partial charge < -0.3 is 14.5 Å². The molecule has 6 heteroatoms. The maximum atomic E-state index is 12.4. The van der Waals surface area contributed by atoms with Crippen LogP contribution >= 0.6 is 0 Å². The average molecular weight is 344 g/mol. The average Bonchev–Trinajstić information content (AvgIpc) is 3.28. The van der Waals surface area contributed by atoms with Crippen LogP contribution < -0.4 is 4.90 Å². The van der Waals surface area contributed by atoms with Crippen molar-refractivity contribution in [1.82, 2.24) is 14.9 Å². The molecule has 1 aromatic heterocycles. The van der Waals surface area contributed by atoms with Gasteiger partial charge in [-0.3, -0.25) is 4.79 Å². The number of carbonyl (C=O) groups excluding carboxylic acids is 1. The first-order valence-corrected chi connectivity index (χ1v) is 9.59. The van der Waals surface area contributed by atoms with E-state index in [9.17, 15) is 4.79 Å². The van der Waals surface area contributed by atoms with Gasteiger partial charge in [0.15, 0.2) is 0 Å². The van der Waals surface area contributed by atoms with Crippen LogP contribution in [0.2, 0.25) is 0 Å². The van der Waals surface area contributed by atoms with Crippen molar-refractivity contribution >= 4 is 11.9 Å². The Bertz CT molecular complexity index is 604. The minimum absolute atomic E-state index is 0.0306. The lowest BCUT2D eigenvalue weighted by atomic mass is 9.84. The standard InChI is InChI=1S/C19H28N4O2/c1-15-12-20-18(21-13-15)23-8-4-19(5-9-23)11-16(14-25-19)10-17(24)22-6-2-3-7-22/h12-13,16H,2-11,14H2,1H3. The van der Waals surface area contributed by atoms with E-state index in [4.69, 9.17) is 4.74 Å². The molecule has 4 rings (SSSR count). The Morgan fingerprint density at radius 3 is 2.56 bits per heavy atom. The monoisotopic (exact) mass is 344 g/mol. The fourth-order valence-electron chi connectivity index (χ4n) is 4.42. The van der Waals surface area contributed by atoms with Crippen molar-refractivity contribution < 1.29 is 9.53 Å². The van der Waals surface area contributed by atoms with Crippen molar-refractivity contribution in [3.63, 3.8) is 0 Å². The highest BCUT2D eigenvalue weighted by atomic mass is 16.5. The molecule has 25 heavy (non-hydrogen) atoms. The molecule has 6 nitrogen and oxygen atoms in total. The Hall–Kier alpha value is -1.69. The zero-order valence-electron chi connectivity index (χ0n) is 15.1. The number of likely N-dealkylation sites (tertiary alicyclic amines) is 1. The largest absolute Gasteiger partial charge is 0.375 e. The van der Waals surface area contributed by atoms with Gasteiger partial charge >= 0.3 is 0 Å².